The number of ether oxygens (including phenoxy) is 1. The van der Waals surface area contributed by atoms with Crippen LogP contribution in [0.25, 0.3) is 5.69 Å². The number of sulfonamides is 1. The summed E-state index contributed by atoms with van der Waals surface area (Å²) in [5.41, 5.74) is 3.56. The van der Waals surface area contributed by atoms with Crippen molar-refractivity contribution >= 4 is 15.9 Å². The molecule has 8 nitrogen and oxygen atoms in total. The summed E-state index contributed by atoms with van der Waals surface area (Å²) in [7, 11) is -1.97. The van der Waals surface area contributed by atoms with Crippen LogP contribution in [0.4, 0.5) is 0 Å². The van der Waals surface area contributed by atoms with Crippen LogP contribution in [-0.4, -0.2) is 66.6 Å². The zero-order valence-corrected chi connectivity index (χ0v) is 20.0. The lowest BCUT2D eigenvalue weighted by Gasteiger charge is -2.33. The van der Waals surface area contributed by atoms with Crippen molar-refractivity contribution in [2.75, 3.05) is 33.3 Å². The molecule has 0 saturated carbocycles. The van der Waals surface area contributed by atoms with Crippen LogP contribution in [0.2, 0.25) is 0 Å². The van der Waals surface area contributed by atoms with E-state index >= 15 is 0 Å². The normalized spacial score (nSPS) is 16.8. The van der Waals surface area contributed by atoms with Gasteiger partial charge in [-0.3, -0.25) is 4.79 Å². The number of benzene rings is 2. The highest BCUT2D eigenvalue weighted by Crippen LogP contribution is 2.26. The fourth-order valence-electron chi connectivity index (χ4n) is 4.63. The standard InChI is InChI=1S/C25H28N4O4S/c1-33-22-9-7-21(8-10-22)29-13-12-24(26-29)25(30)27-14-16-28(17-15-27)34(31,32)23-11-6-19-4-2-3-5-20(19)18-23/h6-13,18H,2-5,14-17H2,1H3. The van der Waals surface area contributed by atoms with Crippen molar-refractivity contribution < 1.29 is 17.9 Å². The minimum atomic E-state index is -3.58. The fraction of sp³-hybridized carbons (Fsp3) is 0.360. The Labute approximate surface area is 199 Å². The van der Waals surface area contributed by atoms with Crippen molar-refractivity contribution in [1.29, 1.82) is 0 Å². The maximum atomic E-state index is 13.2. The highest BCUT2D eigenvalue weighted by Gasteiger charge is 2.31. The van der Waals surface area contributed by atoms with Gasteiger partial charge in [0, 0.05) is 32.4 Å². The van der Waals surface area contributed by atoms with Gasteiger partial charge in [-0.2, -0.15) is 9.40 Å². The minimum Gasteiger partial charge on any atom is -0.497 e. The van der Waals surface area contributed by atoms with E-state index in [4.69, 9.17) is 4.74 Å². The number of methoxy groups -OCH3 is 1. The molecule has 2 heterocycles. The average molecular weight is 481 g/mol. The van der Waals surface area contributed by atoms with Gasteiger partial charge in [-0.1, -0.05) is 6.07 Å². The molecule has 0 spiro atoms. The number of fused-ring (bicyclic) bond motifs is 1. The second kappa shape index (κ2) is 9.23. The first-order chi connectivity index (χ1) is 16.5. The maximum Gasteiger partial charge on any atom is 0.274 e. The molecule has 9 heteroatoms. The van der Waals surface area contributed by atoms with Gasteiger partial charge < -0.3 is 9.64 Å². The van der Waals surface area contributed by atoms with E-state index in [9.17, 15) is 13.2 Å². The van der Waals surface area contributed by atoms with Crippen LogP contribution < -0.4 is 4.74 Å². The third-order valence-electron chi connectivity index (χ3n) is 6.63. The van der Waals surface area contributed by atoms with Gasteiger partial charge in [0.15, 0.2) is 5.69 Å². The van der Waals surface area contributed by atoms with Crippen molar-refractivity contribution in [3.8, 4) is 11.4 Å². The molecule has 2 aromatic carbocycles. The molecule has 1 amide bonds. The van der Waals surface area contributed by atoms with Crippen LogP contribution in [0.5, 0.6) is 5.75 Å². The second-order valence-electron chi connectivity index (χ2n) is 8.68. The van der Waals surface area contributed by atoms with Gasteiger partial charge in [0.1, 0.15) is 5.75 Å². The lowest BCUT2D eigenvalue weighted by molar-refractivity contribution is 0.0691. The lowest BCUT2D eigenvalue weighted by Crippen LogP contribution is -2.50. The molecule has 2 aliphatic rings. The van der Waals surface area contributed by atoms with E-state index in [2.05, 4.69) is 5.10 Å². The Morgan fingerprint density at radius 3 is 2.32 bits per heavy atom. The number of rotatable bonds is 5. The summed E-state index contributed by atoms with van der Waals surface area (Å²) in [4.78, 5) is 15.0. The number of aromatic nitrogens is 2. The molecule has 3 aromatic rings. The number of carbonyl (C=O) groups is 1. The molecule has 1 aliphatic heterocycles. The topological polar surface area (TPSA) is 84.7 Å². The number of carbonyl (C=O) groups excluding carboxylic acids is 1. The molecule has 34 heavy (non-hydrogen) atoms. The lowest BCUT2D eigenvalue weighted by atomic mass is 9.92. The molecule has 0 atom stereocenters. The van der Waals surface area contributed by atoms with Crippen molar-refractivity contribution in [1.82, 2.24) is 19.0 Å². The Kier molecular flexibility index (Phi) is 6.14. The molecule has 1 fully saturated rings. The first-order valence-corrected chi connectivity index (χ1v) is 13.0. The summed E-state index contributed by atoms with van der Waals surface area (Å²) in [6, 6.07) is 14.6. The molecule has 0 N–H and O–H groups in total. The van der Waals surface area contributed by atoms with Gasteiger partial charge in [-0.05, 0) is 79.3 Å². The summed E-state index contributed by atoms with van der Waals surface area (Å²) in [6.45, 7) is 1.20. The number of amides is 1. The first kappa shape index (κ1) is 22.6. The summed E-state index contributed by atoms with van der Waals surface area (Å²) in [5, 5.41) is 4.42. The summed E-state index contributed by atoms with van der Waals surface area (Å²) < 4.78 is 34.7. The van der Waals surface area contributed by atoms with Gasteiger partial charge in [-0.15, -0.1) is 0 Å². The number of hydrogen-bond donors (Lipinski definition) is 0. The van der Waals surface area contributed by atoms with E-state index in [1.54, 1.807) is 35.0 Å². The maximum absolute atomic E-state index is 13.2. The molecular weight excluding hydrogens is 452 g/mol. The Hall–Kier alpha value is -3.17. The molecule has 0 bridgehead atoms. The highest BCUT2D eigenvalue weighted by atomic mass is 32.2. The van der Waals surface area contributed by atoms with Crippen molar-refractivity contribution in [3.05, 3.63) is 71.5 Å². The number of hydrogen-bond acceptors (Lipinski definition) is 5. The smallest absolute Gasteiger partial charge is 0.274 e. The summed E-state index contributed by atoms with van der Waals surface area (Å²) >= 11 is 0. The van der Waals surface area contributed by atoms with E-state index in [0.29, 0.717) is 23.7 Å². The Morgan fingerprint density at radius 2 is 1.62 bits per heavy atom. The van der Waals surface area contributed by atoms with E-state index in [1.807, 2.05) is 36.4 Å². The third-order valence-corrected chi connectivity index (χ3v) is 8.52. The van der Waals surface area contributed by atoms with Crippen molar-refractivity contribution in [2.45, 2.75) is 30.6 Å². The van der Waals surface area contributed by atoms with Crippen LogP contribution in [0.15, 0.2) is 59.6 Å². The zero-order chi connectivity index (χ0) is 23.7. The van der Waals surface area contributed by atoms with Crippen LogP contribution in [0.3, 0.4) is 0 Å². The third kappa shape index (κ3) is 4.33. The van der Waals surface area contributed by atoms with E-state index in [-0.39, 0.29) is 19.0 Å². The molecule has 1 aliphatic carbocycles. The van der Waals surface area contributed by atoms with Gasteiger partial charge in [0.2, 0.25) is 10.0 Å². The van der Waals surface area contributed by atoms with E-state index in [0.717, 1.165) is 42.7 Å². The van der Waals surface area contributed by atoms with Crippen LogP contribution in [0.1, 0.15) is 34.5 Å². The highest BCUT2D eigenvalue weighted by molar-refractivity contribution is 7.89. The van der Waals surface area contributed by atoms with Gasteiger partial charge in [0.25, 0.3) is 5.91 Å². The zero-order valence-electron chi connectivity index (χ0n) is 19.2. The first-order valence-electron chi connectivity index (χ1n) is 11.6. The predicted molar refractivity (Wildman–Crippen MR) is 128 cm³/mol. The summed E-state index contributed by atoms with van der Waals surface area (Å²) in [5.74, 6) is 0.550. The Bertz CT molecular complexity index is 1290. The number of piperazine rings is 1. The molecule has 0 unspecified atom stereocenters. The molecule has 1 saturated heterocycles. The van der Waals surface area contributed by atoms with Crippen molar-refractivity contribution in [3.63, 3.8) is 0 Å². The van der Waals surface area contributed by atoms with Gasteiger partial charge in [0.05, 0.1) is 17.7 Å². The van der Waals surface area contributed by atoms with E-state index in [1.165, 1.54) is 9.87 Å². The molecule has 1 aromatic heterocycles. The molecule has 5 rings (SSSR count). The van der Waals surface area contributed by atoms with Crippen LogP contribution in [-0.2, 0) is 22.9 Å². The molecule has 178 valence electrons. The summed E-state index contributed by atoms with van der Waals surface area (Å²) in [6.07, 6.45) is 5.96. The number of nitrogens with zero attached hydrogens (tertiary/aromatic N) is 4. The molecule has 0 radical (unpaired) electrons. The fourth-order valence-corrected chi connectivity index (χ4v) is 6.10. The van der Waals surface area contributed by atoms with Gasteiger partial charge in [-0.25, -0.2) is 13.1 Å². The SMILES string of the molecule is COc1ccc(-n2ccc(C(=O)N3CCN(S(=O)(=O)c4ccc5c(c4)CCCC5)CC3)n2)cc1. The predicted octanol–water partition coefficient (Wildman–Crippen LogP) is 2.91. The van der Waals surface area contributed by atoms with E-state index < -0.39 is 10.0 Å². The Balaban J connectivity index is 1.24. The Morgan fingerprint density at radius 1 is 0.912 bits per heavy atom. The van der Waals surface area contributed by atoms with Crippen molar-refractivity contribution in [2.24, 2.45) is 0 Å². The molecular formula is C25H28N4O4S. The number of aryl methyl sites for hydroxylation is 2. The van der Waals surface area contributed by atoms with Gasteiger partial charge >= 0.3 is 0 Å². The monoisotopic (exact) mass is 480 g/mol. The minimum absolute atomic E-state index is 0.196. The second-order valence-corrected chi connectivity index (χ2v) is 10.6. The van der Waals surface area contributed by atoms with Crippen LogP contribution >= 0.6 is 0 Å². The van der Waals surface area contributed by atoms with Crippen LogP contribution in [0, 0.1) is 0 Å². The quantitative estimate of drug-likeness (QED) is 0.561. The largest absolute Gasteiger partial charge is 0.497 e. The average Bonchev–Trinajstić information content (AvgIpc) is 3.38.